The van der Waals surface area contributed by atoms with E-state index in [0.717, 1.165) is 22.8 Å². The summed E-state index contributed by atoms with van der Waals surface area (Å²) in [6.45, 7) is 3.80. The molecule has 1 N–H and O–H groups in total. The maximum atomic E-state index is 12.4. The molecule has 28 heavy (non-hydrogen) atoms. The Hall–Kier alpha value is -3.68. The molecule has 1 amide bonds. The number of nitrogens with one attached hydrogen (secondary N) is 1. The van der Waals surface area contributed by atoms with E-state index in [0.29, 0.717) is 23.9 Å². The first-order valence-electron chi connectivity index (χ1n) is 8.90. The van der Waals surface area contributed by atoms with Crippen molar-refractivity contribution in [1.29, 1.82) is 0 Å². The second-order valence-corrected chi connectivity index (χ2v) is 6.33. The van der Waals surface area contributed by atoms with Crippen molar-refractivity contribution in [2.75, 3.05) is 5.32 Å². The molecule has 3 aromatic heterocycles. The van der Waals surface area contributed by atoms with E-state index in [1.807, 2.05) is 48.9 Å². The summed E-state index contributed by atoms with van der Waals surface area (Å²) in [6.07, 6.45) is 2.10. The van der Waals surface area contributed by atoms with Crippen molar-refractivity contribution >= 4 is 11.6 Å². The van der Waals surface area contributed by atoms with Crippen LogP contribution in [-0.4, -0.2) is 25.8 Å². The molecule has 0 aliphatic carbocycles. The summed E-state index contributed by atoms with van der Waals surface area (Å²) in [5.74, 6) is 1.14. The number of amides is 1. The molecule has 0 atom stereocenters. The number of furan rings is 1. The predicted octanol–water partition coefficient (Wildman–Crippen LogP) is 3.70. The summed E-state index contributed by atoms with van der Waals surface area (Å²) in [5, 5.41) is 11.3. The first kappa shape index (κ1) is 17.7. The molecule has 0 aliphatic rings. The zero-order valence-corrected chi connectivity index (χ0v) is 15.5. The highest BCUT2D eigenvalue weighted by Crippen LogP contribution is 2.23. The molecular formula is C20H19N5O3. The van der Waals surface area contributed by atoms with Gasteiger partial charge < -0.3 is 14.3 Å². The molecule has 4 aromatic rings. The highest BCUT2D eigenvalue weighted by molar-refractivity contribution is 5.92. The molecule has 0 spiro atoms. The minimum Gasteiger partial charge on any atom is -0.461 e. The number of nitrogens with zero attached hydrogens (tertiary/aromatic N) is 4. The number of carbonyl (C=O) groups is 1. The summed E-state index contributed by atoms with van der Waals surface area (Å²) < 4.78 is 12.2. The highest BCUT2D eigenvalue weighted by Gasteiger charge is 2.16. The molecule has 4 rings (SSSR count). The van der Waals surface area contributed by atoms with Crippen LogP contribution in [0, 0.1) is 13.8 Å². The van der Waals surface area contributed by atoms with Crippen LogP contribution in [0.4, 0.5) is 5.69 Å². The van der Waals surface area contributed by atoms with Crippen LogP contribution in [0.2, 0.25) is 0 Å². The molecule has 0 saturated heterocycles. The molecule has 142 valence electrons. The summed E-state index contributed by atoms with van der Waals surface area (Å²) in [6, 6.07) is 13.3. The predicted molar refractivity (Wildman–Crippen MR) is 102 cm³/mol. The molecule has 0 bridgehead atoms. The van der Waals surface area contributed by atoms with Gasteiger partial charge in [0.15, 0.2) is 5.76 Å². The number of rotatable bonds is 6. The van der Waals surface area contributed by atoms with Crippen molar-refractivity contribution in [3.8, 4) is 17.3 Å². The maximum Gasteiger partial charge on any atom is 0.238 e. The average molecular weight is 377 g/mol. The van der Waals surface area contributed by atoms with Gasteiger partial charge in [-0.1, -0.05) is 23.4 Å². The minimum atomic E-state index is -0.142. The highest BCUT2D eigenvalue weighted by atomic mass is 16.5. The van der Waals surface area contributed by atoms with Crippen LogP contribution in [0.25, 0.3) is 17.3 Å². The Morgan fingerprint density at radius 3 is 2.71 bits per heavy atom. The number of hydrogen-bond donors (Lipinski definition) is 1. The van der Waals surface area contributed by atoms with E-state index in [1.165, 1.54) is 0 Å². The fourth-order valence-corrected chi connectivity index (χ4v) is 2.93. The normalized spacial score (nSPS) is 10.9. The van der Waals surface area contributed by atoms with E-state index in [-0.39, 0.29) is 12.3 Å². The topological polar surface area (TPSA) is 99.0 Å². The third-order valence-corrected chi connectivity index (χ3v) is 4.33. The van der Waals surface area contributed by atoms with Crippen LogP contribution in [0.1, 0.15) is 23.7 Å². The summed E-state index contributed by atoms with van der Waals surface area (Å²) in [7, 11) is 0. The molecule has 0 radical (unpaired) electrons. The molecule has 1 aromatic carbocycles. The van der Waals surface area contributed by atoms with Gasteiger partial charge in [0.2, 0.25) is 17.6 Å². The van der Waals surface area contributed by atoms with Crippen molar-refractivity contribution in [1.82, 2.24) is 19.9 Å². The van der Waals surface area contributed by atoms with Crippen LogP contribution >= 0.6 is 0 Å². The third kappa shape index (κ3) is 3.57. The van der Waals surface area contributed by atoms with Crippen molar-refractivity contribution < 1.29 is 13.7 Å². The van der Waals surface area contributed by atoms with Gasteiger partial charge in [-0.3, -0.25) is 4.79 Å². The number of aryl methyl sites for hydroxylation is 2. The fraction of sp³-hybridized carbons (Fsp3) is 0.200. The van der Waals surface area contributed by atoms with Gasteiger partial charge in [0.05, 0.1) is 29.0 Å². The van der Waals surface area contributed by atoms with Gasteiger partial charge in [0.1, 0.15) is 0 Å². The Balaban J connectivity index is 1.41. The van der Waals surface area contributed by atoms with E-state index in [1.54, 1.807) is 18.4 Å². The third-order valence-electron chi connectivity index (χ3n) is 4.33. The average Bonchev–Trinajstić information content (AvgIpc) is 3.44. The van der Waals surface area contributed by atoms with Gasteiger partial charge in [-0.05, 0) is 38.1 Å². The van der Waals surface area contributed by atoms with Crippen molar-refractivity contribution in [2.24, 2.45) is 0 Å². The van der Waals surface area contributed by atoms with Crippen molar-refractivity contribution in [3.63, 3.8) is 0 Å². The van der Waals surface area contributed by atoms with Crippen LogP contribution in [0.3, 0.4) is 0 Å². The van der Waals surface area contributed by atoms with Crippen molar-refractivity contribution in [3.05, 3.63) is 66.0 Å². The van der Waals surface area contributed by atoms with Gasteiger partial charge in [0.25, 0.3) is 0 Å². The van der Waals surface area contributed by atoms with Crippen LogP contribution in [-0.2, 0) is 11.2 Å². The number of para-hydroxylation sites is 1. The molecule has 8 heteroatoms. The lowest BCUT2D eigenvalue weighted by molar-refractivity contribution is -0.116. The summed E-state index contributed by atoms with van der Waals surface area (Å²) in [5.41, 5.74) is 3.29. The fourth-order valence-electron chi connectivity index (χ4n) is 2.93. The summed E-state index contributed by atoms with van der Waals surface area (Å²) >= 11 is 0. The SMILES string of the molecule is Cc1nn(-c2ccccc2)c(C)c1NC(=O)CCc1nc(-c2ccco2)no1. The van der Waals surface area contributed by atoms with Crippen molar-refractivity contribution in [2.45, 2.75) is 26.7 Å². The second-order valence-electron chi connectivity index (χ2n) is 6.33. The van der Waals surface area contributed by atoms with E-state index < -0.39 is 0 Å². The lowest BCUT2D eigenvalue weighted by atomic mass is 10.2. The Labute approximate surface area is 161 Å². The standard InChI is InChI=1S/C20H19N5O3/c1-13-19(14(2)25(23-13)15-7-4-3-5-8-15)21-17(26)10-11-18-22-20(24-28-18)16-9-6-12-27-16/h3-9,12H,10-11H2,1-2H3,(H,21,26). The summed E-state index contributed by atoms with van der Waals surface area (Å²) in [4.78, 5) is 16.7. The molecule has 0 unspecified atom stereocenters. The first-order valence-corrected chi connectivity index (χ1v) is 8.90. The van der Waals surface area contributed by atoms with Gasteiger partial charge in [-0.15, -0.1) is 0 Å². The van der Waals surface area contributed by atoms with Gasteiger partial charge >= 0.3 is 0 Å². The monoisotopic (exact) mass is 377 g/mol. The van der Waals surface area contributed by atoms with Crippen LogP contribution in [0.5, 0.6) is 0 Å². The minimum absolute atomic E-state index is 0.142. The number of benzene rings is 1. The zero-order valence-electron chi connectivity index (χ0n) is 15.5. The molecule has 0 fully saturated rings. The Kier molecular flexibility index (Phi) is 4.76. The lowest BCUT2D eigenvalue weighted by Gasteiger charge is -2.06. The molecule has 0 saturated carbocycles. The molecule has 3 heterocycles. The number of anilines is 1. The van der Waals surface area contributed by atoms with E-state index in [2.05, 4.69) is 20.6 Å². The van der Waals surface area contributed by atoms with E-state index in [4.69, 9.17) is 8.94 Å². The molecular weight excluding hydrogens is 358 g/mol. The maximum absolute atomic E-state index is 12.4. The smallest absolute Gasteiger partial charge is 0.238 e. The van der Waals surface area contributed by atoms with Gasteiger partial charge in [-0.2, -0.15) is 10.1 Å². The van der Waals surface area contributed by atoms with Crippen LogP contribution in [0.15, 0.2) is 57.7 Å². The first-order chi connectivity index (χ1) is 13.6. The largest absolute Gasteiger partial charge is 0.461 e. The molecule has 0 aliphatic heterocycles. The number of hydrogen-bond acceptors (Lipinski definition) is 6. The van der Waals surface area contributed by atoms with Gasteiger partial charge in [0, 0.05) is 12.8 Å². The van der Waals surface area contributed by atoms with Gasteiger partial charge in [-0.25, -0.2) is 4.68 Å². The Bertz CT molecular complexity index is 1080. The van der Waals surface area contributed by atoms with Crippen LogP contribution < -0.4 is 5.32 Å². The van der Waals surface area contributed by atoms with E-state index >= 15 is 0 Å². The number of carbonyl (C=O) groups excluding carboxylic acids is 1. The lowest BCUT2D eigenvalue weighted by Crippen LogP contribution is -2.13. The second kappa shape index (κ2) is 7.51. The zero-order chi connectivity index (χ0) is 19.5. The quantitative estimate of drug-likeness (QED) is 0.550. The number of aromatic nitrogens is 4. The molecule has 8 nitrogen and oxygen atoms in total. The van der Waals surface area contributed by atoms with E-state index in [9.17, 15) is 4.79 Å². The Morgan fingerprint density at radius 2 is 1.96 bits per heavy atom. The Morgan fingerprint density at radius 1 is 1.14 bits per heavy atom.